The quantitative estimate of drug-likeness (QED) is 0.683. The predicted molar refractivity (Wildman–Crippen MR) is 75.5 cm³/mol. The monoisotopic (exact) mass is 272 g/mol. The van der Waals surface area contributed by atoms with Gasteiger partial charge < -0.3 is 15.2 Å². The number of carbonyl (C=O) groups is 1. The lowest BCUT2D eigenvalue weighted by Crippen LogP contribution is -2.06. The summed E-state index contributed by atoms with van der Waals surface area (Å²) in [5.74, 6) is 0.0621. The number of methoxy groups -OCH3 is 1. The van der Waals surface area contributed by atoms with Crippen LogP contribution in [0.5, 0.6) is 5.88 Å². The minimum absolute atomic E-state index is 0.393. The third-order valence-electron chi connectivity index (χ3n) is 2.83. The Hall–Kier alpha value is -2.56. The van der Waals surface area contributed by atoms with Gasteiger partial charge in [0.15, 0.2) is 0 Å². The lowest BCUT2D eigenvalue weighted by Gasteiger charge is -2.08. The van der Waals surface area contributed by atoms with E-state index in [1.54, 1.807) is 19.1 Å². The summed E-state index contributed by atoms with van der Waals surface area (Å²) in [6, 6.07) is 10.7. The van der Waals surface area contributed by atoms with Crippen molar-refractivity contribution in [2.75, 3.05) is 12.8 Å². The highest BCUT2D eigenvalue weighted by Crippen LogP contribution is 2.15. The number of aryl methyl sites for hydroxylation is 1. The van der Waals surface area contributed by atoms with E-state index in [4.69, 9.17) is 10.5 Å². The average Bonchev–Trinajstić information content (AvgIpc) is 2.46. The maximum Gasteiger partial charge on any atom is 0.339 e. The normalized spacial score (nSPS) is 10.1. The fraction of sp³-hybridized carbons (Fsp3) is 0.200. The van der Waals surface area contributed by atoms with Gasteiger partial charge in [-0.05, 0) is 30.7 Å². The molecule has 20 heavy (non-hydrogen) atoms. The molecular formula is C15H16N2O3. The molecule has 2 N–H and O–H groups in total. The molecule has 0 aliphatic heterocycles. The summed E-state index contributed by atoms with van der Waals surface area (Å²) in [6.07, 6.45) is 0. The number of nitrogens with two attached hydrogens (primary N) is 1. The Bertz CT molecular complexity index is 609. The second kappa shape index (κ2) is 6.06. The van der Waals surface area contributed by atoms with Gasteiger partial charge in [-0.25, -0.2) is 9.78 Å². The van der Waals surface area contributed by atoms with E-state index in [9.17, 15) is 4.79 Å². The van der Waals surface area contributed by atoms with E-state index in [0.717, 1.165) is 5.56 Å². The van der Waals surface area contributed by atoms with Crippen LogP contribution in [-0.2, 0) is 11.3 Å². The molecule has 0 saturated heterocycles. The molecule has 2 aromatic rings. The van der Waals surface area contributed by atoms with Crippen molar-refractivity contribution in [1.82, 2.24) is 4.98 Å². The molecule has 0 saturated carbocycles. The molecule has 0 bridgehead atoms. The van der Waals surface area contributed by atoms with Crippen molar-refractivity contribution in [2.45, 2.75) is 13.5 Å². The van der Waals surface area contributed by atoms with Crippen LogP contribution in [0.1, 0.15) is 21.6 Å². The summed E-state index contributed by atoms with van der Waals surface area (Å²) >= 11 is 0. The maximum absolute atomic E-state index is 11.4. The van der Waals surface area contributed by atoms with E-state index in [1.807, 2.05) is 24.3 Å². The van der Waals surface area contributed by atoms with Crippen molar-refractivity contribution in [3.8, 4) is 5.88 Å². The van der Waals surface area contributed by atoms with Crippen LogP contribution < -0.4 is 10.5 Å². The number of aromatic nitrogens is 1. The highest BCUT2D eigenvalue weighted by molar-refractivity contribution is 5.90. The van der Waals surface area contributed by atoms with Crippen LogP contribution in [0.15, 0.2) is 36.4 Å². The van der Waals surface area contributed by atoms with Gasteiger partial charge in [-0.2, -0.15) is 0 Å². The van der Waals surface area contributed by atoms with Crippen molar-refractivity contribution in [3.05, 3.63) is 53.2 Å². The SMILES string of the molecule is COC(=O)c1ccc(OCc2ccc(N)cc2)nc1C. The van der Waals surface area contributed by atoms with Crippen molar-refractivity contribution < 1.29 is 14.3 Å². The molecular weight excluding hydrogens is 256 g/mol. The third-order valence-corrected chi connectivity index (χ3v) is 2.83. The molecule has 0 unspecified atom stereocenters. The number of esters is 1. The number of benzene rings is 1. The highest BCUT2D eigenvalue weighted by atomic mass is 16.5. The lowest BCUT2D eigenvalue weighted by molar-refractivity contribution is 0.0599. The fourth-order valence-electron chi connectivity index (χ4n) is 1.72. The van der Waals surface area contributed by atoms with Gasteiger partial charge in [-0.1, -0.05) is 12.1 Å². The number of pyridine rings is 1. The molecule has 5 heteroatoms. The molecule has 1 aromatic heterocycles. The number of ether oxygens (including phenoxy) is 2. The van der Waals surface area contributed by atoms with Gasteiger partial charge in [0.1, 0.15) is 6.61 Å². The topological polar surface area (TPSA) is 74.4 Å². The smallest absolute Gasteiger partial charge is 0.339 e. The summed E-state index contributed by atoms with van der Waals surface area (Å²) in [7, 11) is 1.34. The Morgan fingerprint density at radius 1 is 1.20 bits per heavy atom. The standard InChI is InChI=1S/C15H16N2O3/c1-10-13(15(18)19-2)7-8-14(17-10)20-9-11-3-5-12(16)6-4-11/h3-8H,9,16H2,1-2H3. The minimum Gasteiger partial charge on any atom is -0.473 e. The Kier molecular flexibility index (Phi) is 4.20. The van der Waals surface area contributed by atoms with Gasteiger partial charge in [-0.15, -0.1) is 0 Å². The number of hydrogen-bond donors (Lipinski definition) is 1. The summed E-state index contributed by atoms with van der Waals surface area (Å²) in [4.78, 5) is 15.7. The number of hydrogen-bond acceptors (Lipinski definition) is 5. The van der Waals surface area contributed by atoms with Crippen LogP contribution >= 0.6 is 0 Å². The average molecular weight is 272 g/mol. The molecule has 0 atom stereocenters. The summed E-state index contributed by atoms with van der Waals surface area (Å²) in [5.41, 5.74) is 8.34. The van der Waals surface area contributed by atoms with Crippen LogP contribution in [0.2, 0.25) is 0 Å². The first-order valence-corrected chi connectivity index (χ1v) is 6.13. The second-order valence-corrected chi connectivity index (χ2v) is 4.30. The van der Waals surface area contributed by atoms with Crippen molar-refractivity contribution in [1.29, 1.82) is 0 Å². The van der Waals surface area contributed by atoms with Crippen LogP contribution in [0, 0.1) is 6.92 Å². The molecule has 0 radical (unpaired) electrons. The zero-order chi connectivity index (χ0) is 14.5. The fourth-order valence-corrected chi connectivity index (χ4v) is 1.72. The largest absolute Gasteiger partial charge is 0.473 e. The minimum atomic E-state index is -0.403. The molecule has 1 heterocycles. The number of nitrogens with zero attached hydrogens (tertiary/aromatic N) is 1. The zero-order valence-corrected chi connectivity index (χ0v) is 11.4. The van der Waals surface area contributed by atoms with E-state index in [1.165, 1.54) is 7.11 Å². The molecule has 0 aliphatic rings. The van der Waals surface area contributed by atoms with Crippen LogP contribution in [-0.4, -0.2) is 18.1 Å². The van der Waals surface area contributed by atoms with Gasteiger partial charge >= 0.3 is 5.97 Å². The first-order valence-electron chi connectivity index (χ1n) is 6.13. The number of carbonyl (C=O) groups excluding carboxylic acids is 1. The second-order valence-electron chi connectivity index (χ2n) is 4.30. The number of rotatable bonds is 4. The van der Waals surface area contributed by atoms with E-state index in [-0.39, 0.29) is 0 Å². The van der Waals surface area contributed by atoms with Crippen LogP contribution in [0.4, 0.5) is 5.69 Å². The lowest BCUT2D eigenvalue weighted by atomic mass is 10.2. The maximum atomic E-state index is 11.4. The van der Waals surface area contributed by atoms with E-state index in [2.05, 4.69) is 9.72 Å². The number of anilines is 1. The Morgan fingerprint density at radius 3 is 2.50 bits per heavy atom. The summed E-state index contributed by atoms with van der Waals surface area (Å²) in [5, 5.41) is 0. The Morgan fingerprint density at radius 2 is 1.90 bits per heavy atom. The summed E-state index contributed by atoms with van der Waals surface area (Å²) in [6.45, 7) is 2.13. The van der Waals surface area contributed by atoms with Crippen LogP contribution in [0.25, 0.3) is 0 Å². The first-order chi connectivity index (χ1) is 9.60. The van der Waals surface area contributed by atoms with Crippen molar-refractivity contribution in [3.63, 3.8) is 0 Å². The first kappa shape index (κ1) is 13.9. The molecule has 0 aliphatic carbocycles. The van der Waals surface area contributed by atoms with E-state index in [0.29, 0.717) is 29.4 Å². The van der Waals surface area contributed by atoms with Gasteiger partial charge in [-0.3, -0.25) is 0 Å². The van der Waals surface area contributed by atoms with E-state index >= 15 is 0 Å². The van der Waals surface area contributed by atoms with Gasteiger partial charge in [0.05, 0.1) is 18.4 Å². The molecule has 104 valence electrons. The zero-order valence-electron chi connectivity index (χ0n) is 11.4. The highest BCUT2D eigenvalue weighted by Gasteiger charge is 2.11. The summed E-state index contributed by atoms with van der Waals surface area (Å²) < 4.78 is 10.2. The molecule has 0 fully saturated rings. The van der Waals surface area contributed by atoms with Gasteiger partial charge in [0.2, 0.25) is 5.88 Å². The number of nitrogen functional groups attached to an aromatic ring is 1. The van der Waals surface area contributed by atoms with Gasteiger partial charge in [0.25, 0.3) is 0 Å². The third kappa shape index (κ3) is 3.26. The van der Waals surface area contributed by atoms with Crippen molar-refractivity contribution in [2.24, 2.45) is 0 Å². The Labute approximate surface area is 117 Å². The molecule has 0 spiro atoms. The van der Waals surface area contributed by atoms with Gasteiger partial charge in [0, 0.05) is 11.8 Å². The molecule has 0 amide bonds. The Balaban J connectivity index is 2.05. The molecule has 2 rings (SSSR count). The molecule has 5 nitrogen and oxygen atoms in total. The van der Waals surface area contributed by atoms with Crippen LogP contribution in [0.3, 0.4) is 0 Å². The van der Waals surface area contributed by atoms with Crippen molar-refractivity contribution >= 4 is 11.7 Å². The predicted octanol–water partition coefficient (Wildman–Crippen LogP) is 2.34. The molecule has 1 aromatic carbocycles. The van der Waals surface area contributed by atoms with E-state index < -0.39 is 5.97 Å².